The minimum Gasteiger partial charge on any atom is -0.443 e. The van der Waals surface area contributed by atoms with E-state index in [1.807, 2.05) is 0 Å². The molecule has 0 radical (unpaired) electrons. The molecule has 0 aromatic heterocycles. The second kappa shape index (κ2) is 9.91. The van der Waals surface area contributed by atoms with Gasteiger partial charge in [0.15, 0.2) is 0 Å². The first kappa shape index (κ1) is 24.1. The van der Waals surface area contributed by atoms with Crippen molar-refractivity contribution >= 4 is 6.09 Å². The number of benzene rings is 1. The van der Waals surface area contributed by atoms with Crippen LogP contribution in [0.5, 0.6) is 0 Å². The summed E-state index contributed by atoms with van der Waals surface area (Å²) in [7, 11) is 0. The van der Waals surface area contributed by atoms with Gasteiger partial charge in [0.2, 0.25) is 0 Å². The number of piperazine rings is 1. The molecule has 1 saturated heterocycles. The van der Waals surface area contributed by atoms with Gasteiger partial charge in [-0.2, -0.15) is 0 Å². The molecule has 1 atom stereocenters. The van der Waals surface area contributed by atoms with Crippen molar-refractivity contribution in [2.45, 2.75) is 78.4 Å². The Morgan fingerprint density at radius 3 is 2.10 bits per heavy atom. The highest BCUT2D eigenvalue weighted by Gasteiger charge is 2.53. The molecular weight excluding hydrogens is 386 g/mol. The lowest BCUT2D eigenvalue weighted by Crippen LogP contribution is -2.59. The van der Waals surface area contributed by atoms with Gasteiger partial charge < -0.3 is 15.4 Å². The molecule has 5 heteroatoms. The summed E-state index contributed by atoms with van der Waals surface area (Å²) in [6.07, 6.45) is 6.09. The number of rotatable bonds is 7. The normalized spacial score (nSPS) is 22.6. The molecule has 2 aliphatic rings. The van der Waals surface area contributed by atoms with Gasteiger partial charge in [-0.05, 0) is 37.2 Å². The molecule has 2 N–H and O–H groups in total. The Morgan fingerprint density at radius 1 is 0.968 bits per heavy atom. The van der Waals surface area contributed by atoms with Crippen LogP contribution in [0.1, 0.15) is 71.8 Å². The smallest absolute Gasteiger partial charge is 0.405 e. The van der Waals surface area contributed by atoms with Crippen molar-refractivity contribution in [3.63, 3.8) is 0 Å². The Kier molecular flexibility index (Phi) is 7.69. The molecule has 174 valence electrons. The number of primary amides is 1. The first-order valence-electron chi connectivity index (χ1n) is 12.1. The molecule has 1 aromatic rings. The quantitative estimate of drug-likeness (QED) is 0.659. The van der Waals surface area contributed by atoms with Gasteiger partial charge in [-0.1, -0.05) is 70.4 Å². The predicted octanol–water partition coefficient (Wildman–Crippen LogP) is 5.04. The topological polar surface area (TPSA) is 58.8 Å². The van der Waals surface area contributed by atoms with Crippen LogP contribution in [-0.4, -0.2) is 54.2 Å². The zero-order valence-electron chi connectivity index (χ0n) is 20.2. The second-order valence-electron chi connectivity index (χ2n) is 11.3. The van der Waals surface area contributed by atoms with Crippen LogP contribution < -0.4 is 5.73 Å². The van der Waals surface area contributed by atoms with E-state index in [9.17, 15) is 4.79 Å². The molecule has 0 spiro atoms. The summed E-state index contributed by atoms with van der Waals surface area (Å²) in [5.41, 5.74) is 6.47. The van der Waals surface area contributed by atoms with E-state index in [1.165, 1.54) is 24.8 Å². The van der Waals surface area contributed by atoms with Crippen LogP contribution in [0.25, 0.3) is 0 Å². The van der Waals surface area contributed by atoms with Crippen molar-refractivity contribution in [1.29, 1.82) is 0 Å². The highest BCUT2D eigenvalue weighted by atomic mass is 16.6. The number of hydrogen-bond acceptors (Lipinski definition) is 4. The molecule has 3 rings (SSSR count). The number of nitrogens with two attached hydrogens (primary N) is 1. The Bertz CT molecular complexity index is 701. The first-order chi connectivity index (χ1) is 14.6. The van der Waals surface area contributed by atoms with Gasteiger partial charge in [0.1, 0.15) is 5.60 Å². The summed E-state index contributed by atoms with van der Waals surface area (Å²) in [5, 5.41) is 0. The molecular formula is C26H43N3O2. The lowest BCUT2D eigenvalue weighted by Gasteiger charge is -2.54. The average molecular weight is 430 g/mol. The molecule has 1 aromatic carbocycles. The van der Waals surface area contributed by atoms with Crippen LogP contribution in [0.3, 0.4) is 0 Å². The molecule has 1 unspecified atom stereocenters. The summed E-state index contributed by atoms with van der Waals surface area (Å²) >= 11 is 0. The fraction of sp³-hybridized carbons (Fsp3) is 0.731. The second-order valence-corrected chi connectivity index (χ2v) is 11.3. The van der Waals surface area contributed by atoms with Crippen LogP contribution in [0.15, 0.2) is 30.3 Å². The highest BCUT2D eigenvalue weighted by Crippen LogP contribution is 2.51. The number of hydrogen-bond donors (Lipinski definition) is 1. The van der Waals surface area contributed by atoms with Gasteiger partial charge >= 0.3 is 6.09 Å². The first-order valence-corrected chi connectivity index (χ1v) is 12.1. The molecule has 2 fully saturated rings. The van der Waals surface area contributed by atoms with E-state index >= 15 is 0 Å². The molecule has 1 aliphatic heterocycles. The fourth-order valence-corrected chi connectivity index (χ4v) is 6.02. The number of amides is 1. The summed E-state index contributed by atoms with van der Waals surface area (Å²) in [6.45, 7) is 15.2. The number of nitrogens with zero attached hydrogens (tertiary/aromatic N) is 2. The van der Waals surface area contributed by atoms with Crippen LogP contribution in [0.4, 0.5) is 4.79 Å². The fourth-order valence-electron chi connectivity index (χ4n) is 6.02. The third kappa shape index (κ3) is 6.45. The Hall–Kier alpha value is -1.59. The van der Waals surface area contributed by atoms with E-state index in [-0.39, 0.29) is 10.8 Å². The highest BCUT2D eigenvalue weighted by molar-refractivity contribution is 5.65. The van der Waals surface area contributed by atoms with E-state index in [4.69, 9.17) is 10.5 Å². The third-order valence-corrected chi connectivity index (χ3v) is 7.37. The van der Waals surface area contributed by atoms with Gasteiger partial charge in [0.05, 0.1) is 0 Å². The van der Waals surface area contributed by atoms with E-state index < -0.39 is 11.7 Å². The molecule has 31 heavy (non-hydrogen) atoms. The SMILES string of the molecule is CC(C)(C)CC(C)(OC(N)=O)C1(CN2CCN(Cc3ccccc3)CC2)CCCCC1. The van der Waals surface area contributed by atoms with Crippen LogP contribution >= 0.6 is 0 Å². The maximum Gasteiger partial charge on any atom is 0.405 e. The van der Waals surface area contributed by atoms with Crippen molar-refractivity contribution in [3.05, 3.63) is 35.9 Å². The van der Waals surface area contributed by atoms with Crippen molar-refractivity contribution in [2.24, 2.45) is 16.6 Å². The zero-order chi connectivity index (χ0) is 22.5. The lowest BCUT2D eigenvalue weighted by atomic mass is 9.59. The van der Waals surface area contributed by atoms with Crippen LogP contribution in [0.2, 0.25) is 0 Å². The molecule has 1 saturated carbocycles. The molecule has 0 bridgehead atoms. The molecule has 1 heterocycles. The van der Waals surface area contributed by atoms with Gasteiger partial charge in [-0.25, -0.2) is 4.79 Å². The van der Waals surface area contributed by atoms with E-state index in [2.05, 4.69) is 67.8 Å². The van der Waals surface area contributed by atoms with Crippen molar-refractivity contribution in [3.8, 4) is 0 Å². The van der Waals surface area contributed by atoms with Crippen molar-refractivity contribution < 1.29 is 9.53 Å². The van der Waals surface area contributed by atoms with Crippen LogP contribution in [0, 0.1) is 10.8 Å². The average Bonchev–Trinajstić information content (AvgIpc) is 2.69. The van der Waals surface area contributed by atoms with Gasteiger partial charge in [0.25, 0.3) is 0 Å². The molecule has 1 amide bonds. The summed E-state index contributed by atoms with van der Waals surface area (Å²) in [6, 6.07) is 10.7. The number of ether oxygens (including phenoxy) is 1. The standard InChI is InChI=1S/C26H43N3O2/c1-24(2,3)20-25(4,31-23(27)30)26(13-9-6-10-14-26)21-29-17-15-28(16-18-29)19-22-11-7-5-8-12-22/h5,7-8,11-12H,6,9-10,13-21H2,1-4H3,(H2,27,30). The van der Waals surface area contributed by atoms with E-state index in [1.54, 1.807) is 0 Å². The van der Waals surface area contributed by atoms with Gasteiger partial charge in [-0.3, -0.25) is 4.90 Å². The summed E-state index contributed by atoms with van der Waals surface area (Å²) in [4.78, 5) is 17.1. The van der Waals surface area contributed by atoms with Gasteiger partial charge in [-0.15, -0.1) is 0 Å². The Morgan fingerprint density at radius 2 is 1.55 bits per heavy atom. The minimum atomic E-state index is -0.635. The Labute approximate surface area is 189 Å². The Balaban J connectivity index is 1.71. The lowest BCUT2D eigenvalue weighted by molar-refractivity contribution is -0.128. The maximum atomic E-state index is 12.0. The van der Waals surface area contributed by atoms with Crippen LogP contribution in [-0.2, 0) is 11.3 Å². The number of carbonyl (C=O) groups is 1. The van der Waals surface area contributed by atoms with E-state index in [0.29, 0.717) is 0 Å². The molecule has 1 aliphatic carbocycles. The molecule has 5 nitrogen and oxygen atoms in total. The van der Waals surface area contributed by atoms with E-state index in [0.717, 1.165) is 58.5 Å². The largest absolute Gasteiger partial charge is 0.443 e. The number of carbonyl (C=O) groups excluding carboxylic acids is 1. The summed E-state index contributed by atoms with van der Waals surface area (Å²) < 4.78 is 6.00. The monoisotopic (exact) mass is 429 g/mol. The summed E-state index contributed by atoms with van der Waals surface area (Å²) in [5.74, 6) is 0. The third-order valence-electron chi connectivity index (χ3n) is 7.37. The predicted molar refractivity (Wildman–Crippen MR) is 127 cm³/mol. The minimum absolute atomic E-state index is 0.0326. The van der Waals surface area contributed by atoms with Gasteiger partial charge in [0, 0.05) is 44.7 Å². The maximum absolute atomic E-state index is 12.0. The van der Waals surface area contributed by atoms with Crippen molar-refractivity contribution in [2.75, 3.05) is 32.7 Å². The van der Waals surface area contributed by atoms with Crippen molar-refractivity contribution in [1.82, 2.24) is 9.80 Å². The zero-order valence-corrected chi connectivity index (χ0v) is 20.2.